The van der Waals surface area contributed by atoms with E-state index >= 15 is 0 Å². The van der Waals surface area contributed by atoms with Gasteiger partial charge in [0.05, 0.1) is 18.9 Å². The van der Waals surface area contributed by atoms with Gasteiger partial charge in [0.2, 0.25) is 0 Å². The third-order valence-corrected chi connectivity index (χ3v) is 7.31. The van der Waals surface area contributed by atoms with Gasteiger partial charge in [-0.1, -0.05) is 30.3 Å². The van der Waals surface area contributed by atoms with Gasteiger partial charge in [-0.25, -0.2) is 9.78 Å². The van der Waals surface area contributed by atoms with Crippen LogP contribution in [0.2, 0.25) is 0 Å². The first-order chi connectivity index (χ1) is 19.2. The second kappa shape index (κ2) is 11.6. The second-order valence-corrected chi connectivity index (χ2v) is 10.0. The molecule has 3 aromatic carbocycles. The van der Waals surface area contributed by atoms with Crippen molar-refractivity contribution in [1.82, 2.24) is 14.9 Å². The molecule has 8 nitrogen and oxygen atoms in total. The van der Waals surface area contributed by atoms with Crippen LogP contribution in [0.5, 0.6) is 5.75 Å². The number of hydrogen-bond donors (Lipinski definition) is 1. The van der Waals surface area contributed by atoms with Crippen LogP contribution < -0.4 is 19.9 Å². The average molecular weight is 524 g/mol. The van der Waals surface area contributed by atoms with Gasteiger partial charge in [-0.15, -0.1) is 0 Å². The number of rotatable bonds is 8. The maximum absolute atomic E-state index is 12.6. The number of nitrogens with zero attached hydrogens (tertiary/aromatic N) is 4. The molecule has 0 saturated carbocycles. The fourth-order valence-corrected chi connectivity index (χ4v) is 4.97. The Kier molecular flexibility index (Phi) is 7.45. The molecule has 1 N–H and O–H groups in total. The molecule has 0 spiro atoms. The Bertz CT molecular complexity index is 1360. The molecule has 2 fully saturated rings. The van der Waals surface area contributed by atoms with Crippen molar-refractivity contribution >= 4 is 17.4 Å². The summed E-state index contributed by atoms with van der Waals surface area (Å²) in [5.41, 5.74) is 5.25. The van der Waals surface area contributed by atoms with E-state index < -0.39 is 0 Å². The second-order valence-electron chi connectivity index (χ2n) is 10.0. The number of anilines is 2. The predicted octanol–water partition coefficient (Wildman–Crippen LogP) is 4.66. The van der Waals surface area contributed by atoms with Crippen LogP contribution in [0.1, 0.15) is 5.56 Å². The lowest BCUT2D eigenvalue weighted by Crippen LogP contribution is -2.51. The van der Waals surface area contributed by atoms with Gasteiger partial charge in [-0.2, -0.15) is 0 Å². The fourth-order valence-electron chi connectivity index (χ4n) is 4.97. The molecule has 0 aliphatic carbocycles. The molecule has 4 aromatic rings. The molecule has 3 heterocycles. The number of benzene rings is 3. The van der Waals surface area contributed by atoms with E-state index in [9.17, 15) is 4.79 Å². The zero-order valence-electron chi connectivity index (χ0n) is 21.9. The standard InChI is InChI=1S/C31H33N5O3/c37-31(32-18-25-19-35(20-25)27-4-2-1-3-5-27)36-21-30(33-23-36)26-8-12-29(13-9-26)39-22-24-6-10-28(11-7-24)34-14-16-38-17-15-34/h1-13,21,23,25H,14-20,22H2,(H,32,37). The van der Waals surface area contributed by atoms with Crippen LogP contribution in [0.25, 0.3) is 11.3 Å². The molecular weight excluding hydrogens is 490 g/mol. The largest absolute Gasteiger partial charge is 0.489 e. The van der Waals surface area contributed by atoms with Crippen molar-refractivity contribution in [2.24, 2.45) is 5.92 Å². The summed E-state index contributed by atoms with van der Waals surface area (Å²) < 4.78 is 12.9. The third kappa shape index (κ3) is 6.07. The van der Waals surface area contributed by atoms with Crippen molar-refractivity contribution in [3.05, 3.63) is 97.0 Å². The van der Waals surface area contributed by atoms with Gasteiger partial charge in [0.1, 0.15) is 18.7 Å². The Balaban J connectivity index is 0.963. The normalized spacial score (nSPS) is 15.6. The molecule has 0 unspecified atom stereocenters. The minimum Gasteiger partial charge on any atom is -0.489 e. The average Bonchev–Trinajstić information content (AvgIpc) is 3.47. The topological polar surface area (TPSA) is 71.9 Å². The number of morpholine rings is 1. The quantitative estimate of drug-likeness (QED) is 0.362. The van der Waals surface area contributed by atoms with Crippen LogP contribution in [-0.4, -0.2) is 61.5 Å². The van der Waals surface area contributed by atoms with E-state index in [2.05, 4.69) is 56.5 Å². The van der Waals surface area contributed by atoms with E-state index in [0.29, 0.717) is 19.1 Å². The van der Waals surface area contributed by atoms with Gasteiger partial charge in [-0.05, 0) is 54.1 Å². The number of para-hydroxylation sites is 1. The lowest BCUT2D eigenvalue weighted by molar-refractivity contribution is 0.122. The first kappa shape index (κ1) is 25.0. The predicted molar refractivity (Wildman–Crippen MR) is 152 cm³/mol. The van der Waals surface area contributed by atoms with E-state index in [4.69, 9.17) is 9.47 Å². The summed E-state index contributed by atoms with van der Waals surface area (Å²) in [5.74, 6) is 1.24. The summed E-state index contributed by atoms with van der Waals surface area (Å²) in [6, 6.07) is 26.5. The Hall–Kier alpha value is -4.30. The maximum Gasteiger partial charge on any atom is 0.326 e. The van der Waals surface area contributed by atoms with E-state index in [1.165, 1.54) is 15.9 Å². The van der Waals surface area contributed by atoms with Crippen LogP contribution in [0, 0.1) is 5.92 Å². The minimum atomic E-state index is -0.161. The molecule has 0 bridgehead atoms. The molecule has 1 aromatic heterocycles. The Labute approximate surface area is 228 Å². The molecule has 6 rings (SSSR count). The van der Waals surface area contributed by atoms with Gasteiger partial charge < -0.3 is 24.6 Å². The van der Waals surface area contributed by atoms with Crippen LogP contribution >= 0.6 is 0 Å². The van der Waals surface area contributed by atoms with Crippen LogP contribution in [-0.2, 0) is 11.3 Å². The lowest BCUT2D eigenvalue weighted by Gasteiger charge is -2.41. The van der Waals surface area contributed by atoms with Crippen molar-refractivity contribution in [2.45, 2.75) is 6.61 Å². The van der Waals surface area contributed by atoms with Gasteiger partial charge in [0.25, 0.3) is 0 Å². The first-order valence-corrected chi connectivity index (χ1v) is 13.5. The summed E-state index contributed by atoms with van der Waals surface area (Å²) in [6.45, 7) is 6.48. The minimum absolute atomic E-state index is 0.161. The summed E-state index contributed by atoms with van der Waals surface area (Å²) in [4.78, 5) is 21.7. The van der Waals surface area contributed by atoms with E-state index in [1.807, 2.05) is 42.5 Å². The molecule has 200 valence electrons. The molecule has 1 amide bonds. The highest BCUT2D eigenvalue weighted by atomic mass is 16.5. The summed E-state index contributed by atoms with van der Waals surface area (Å²) in [6.07, 6.45) is 3.32. The number of carbonyl (C=O) groups excluding carboxylic acids is 1. The van der Waals surface area contributed by atoms with Crippen molar-refractivity contribution in [3.63, 3.8) is 0 Å². The third-order valence-electron chi connectivity index (χ3n) is 7.31. The van der Waals surface area contributed by atoms with Gasteiger partial charge in [0.15, 0.2) is 0 Å². The highest BCUT2D eigenvalue weighted by Crippen LogP contribution is 2.24. The summed E-state index contributed by atoms with van der Waals surface area (Å²) >= 11 is 0. The van der Waals surface area contributed by atoms with Crippen molar-refractivity contribution < 1.29 is 14.3 Å². The fraction of sp³-hybridized carbons (Fsp3) is 0.290. The Morgan fingerprint density at radius 2 is 1.62 bits per heavy atom. The van der Waals surface area contributed by atoms with Crippen LogP contribution in [0.3, 0.4) is 0 Å². The van der Waals surface area contributed by atoms with Crippen LogP contribution in [0.15, 0.2) is 91.4 Å². The lowest BCUT2D eigenvalue weighted by atomic mass is 9.99. The number of nitrogens with one attached hydrogen (secondary N) is 1. The highest BCUT2D eigenvalue weighted by Gasteiger charge is 2.27. The number of amides is 1. The number of hydrogen-bond acceptors (Lipinski definition) is 6. The Morgan fingerprint density at radius 1 is 0.897 bits per heavy atom. The van der Waals surface area contributed by atoms with E-state index in [-0.39, 0.29) is 6.03 Å². The van der Waals surface area contributed by atoms with E-state index in [0.717, 1.165) is 62.0 Å². The molecule has 0 atom stereocenters. The molecule has 2 saturated heterocycles. The molecular formula is C31H33N5O3. The smallest absolute Gasteiger partial charge is 0.326 e. The maximum atomic E-state index is 12.6. The molecule has 8 heteroatoms. The zero-order valence-corrected chi connectivity index (χ0v) is 21.9. The number of ether oxygens (including phenoxy) is 2. The van der Waals surface area contributed by atoms with E-state index in [1.54, 1.807) is 12.5 Å². The summed E-state index contributed by atoms with van der Waals surface area (Å²) in [7, 11) is 0. The highest BCUT2D eigenvalue weighted by molar-refractivity contribution is 5.78. The first-order valence-electron chi connectivity index (χ1n) is 13.5. The molecule has 2 aliphatic rings. The summed E-state index contributed by atoms with van der Waals surface area (Å²) in [5, 5.41) is 3.03. The number of carbonyl (C=O) groups is 1. The van der Waals surface area contributed by atoms with Crippen molar-refractivity contribution in [2.75, 3.05) is 55.7 Å². The molecule has 39 heavy (non-hydrogen) atoms. The molecule has 2 aliphatic heterocycles. The van der Waals surface area contributed by atoms with Crippen LogP contribution in [0.4, 0.5) is 16.2 Å². The SMILES string of the molecule is O=C(NCC1CN(c2ccccc2)C1)n1cnc(-c2ccc(OCc3ccc(N4CCOCC4)cc3)cc2)c1. The molecule has 0 radical (unpaired) electrons. The zero-order chi connectivity index (χ0) is 26.4. The monoisotopic (exact) mass is 523 g/mol. The number of imidazole rings is 1. The Morgan fingerprint density at radius 3 is 2.36 bits per heavy atom. The van der Waals surface area contributed by atoms with Gasteiger partial charge in [0, 0.05) is 61.8 Å². The van der Waals surface area contributed by atoms with Gasteiger partial charge >= 0.3 is 6.03 Å². The van der Waals surface area contributed by atoms with Gasteiger partial charge in [-0.3, -0.25) is 4.57 Å². The van der Waals surface area contributed by atoms with Crippen molar-refractivity contribution in [3.8, 4) is 17.0 Å². The van der Waals surface area contributed by atoms with Crippen molar-refractivity contribution in [1.29, 1.82) is 0 Å². The number of aromatic nitrogens is 2.